The SMILES string of the molecule is O=C(c1cccnc1Br)N1CCCOCC1. The van der Waals surface area contributed by atoms with Gasteiger partial charge in [0.2, 0.25) is 0 Å². The van der Waals surface area contributed by atoms with Gasteiger partial charge in [0, 0.05) is 25.9 Å². The molecule has 1 aliphatic heterocycles. The summed E-state index contributed by atoms with van der Waals surface area (Å²) in [6.07, 6.45) is 2.55. The molecule has 16 heavy (non-hydrogen) atoms. The van der Waals surface area contributed by atoms with Crippen LogP contribution in [0.2, 0.25) is 0 Å². The molecule has 86 valence electrons. The molecule has 2 rings (SSSR count). The molecule has 0 spiro atoms. The van der Waals surface area contributed by atoms with E-state index in [1.807, 2.05) is 4.90 Å². The van der Waals surface area contributed by atoms with Gasteiger partial charge < -0.3 is 9.64 Å². The zero-order chi connectivity index (χ0) is 11.4. The number of hydrogen-bond donors (Lipinski definition) is 0. The van der Waals surface area contributed by atoms with Crippen molar-refractivity contribution in [2.45, 2.75) is 6.42 Å². The minimum Gasteiger partial charge on any atom is -0.380 e. The third kappa shape index (κ3) is 2.59. The summed E-state index contributed by atoms with van der Waals surface area (Å²) in [6.45, 7) is 2.75. The minimum atomic E-state index is 0.0190. The summed E-state index contributed by atoms with van der Waals surface area (Å²) in [7, 11) is 0. The monoisotopic (exact) mass is 284 g/mol. The first-order valence-corrected chi connectivity index (χ1v) is 6.06. The Labute approximate surface area is 103 Å². The first kappa shape index (κ1) is 11.5. The second kappa shape index (κ2) is 5.41. The average molecular weight is 285 g/mol. The molecule has 0 atom stereocenters. The van der Waals surface area contributed by atoms with Gasteiger partial charge in [0.1, 0.15) is 4.60 Å². The Balaban J connectivity index is 2.14. The molecule has 2 heterocycles. The molecule has 1 saturated heterocycles. The number of carbonyl (C=O) groups excluding carboxylic acids is 1. The van der Waals surface area contributed by atoms with Crippen LogP contribution in [0.1, 0.15) is 16.8 Å². The van der Waals surface area contributed by atoms with Crippen LogP contribution in [0.4, 0.5) is 0 Å². The Kier molecular flexibility index (Phi) is 3.90. The zero-order valence-electron chi connectivity index (χ0n) is 8.86. The number of carbonyl (C=O) groups is 1. The summed E-state index contributed by atoms with van der Waals surface area (Å²) >= 11 is 3.29. The van der Waals surface area contributed by atoms with E-state index in [0.717, 1.165) is 19.6 Å². The molecule has 4 nitrogen and oxygen atoms in total. The highest BCUT2D eigenvalue weighted by Crippen LogP contribution is 2.15. The Hall–Kier alpha value is -0.940. The second-order valence-electron chi connectivity index (χ2n) is 3.60. The standard InChI is InChI=1S/C11H13BrN2O2/c12-10-9(3-1-4-13-10)11(15)14-5-2-7-16-8-6-14/h1,3-4H,2,5-8H2. The number of ether oxygens (including phenoxy) is 1. The summed E-state index contributed by atoms with van der Waals surface area (Å²) < 4.78 is 5.92. The van der Waals surface area contributed by atoms with Crippen molar-refractivity contribution in [1.82, 2.24) is 9.88 Å². The van der Waals surface area contributed by atoms with Gasteiger partial charge in [-0.15, -0.1) is 0 Å². The Morgan fingerprint density at radius 1 is 1.44 bits per heavy atom. The minimum absolute atomic E-state index is 0.0190. The lowest BCUT2D eigenvalue weighted by Crippen LogP contribution is -2.33. The van der Waals surface area contributed by atoms with Gasteiger partial charge in [-0.05, 0) is 34.5 Å². The van der Waals surface area contributed by atoms with Crippen LogP contribution in [0.25, 0.3) is 0 Å². The highest BCUT2D eigenvalue weighted by Gasteiger charge is 2.19. The van der Waals surface area contributed by atoms with Crippen LogP contribution >= 0.6 is 15.9 Å². The maximum Gasteiger partial charge on any atom is 0.256 e. The van der Waals surface area contributed by atoms with Crippen LogP contribution in [0.3, 0.4) is 0 Å². The molecule has 5 heteroatoms. The van der Waals surface area contributed by atoms with Crippen LogP contribution < -0.4 is 0 Å². The Morgan fingerprint density at radius 2 is 2.31 bits per heavy atom. The molecule has 0 N–H and O–H groups in total. The van der Waals surface area contributed by atoms with Crippen LogP contribution in [0.5, 0.6) is 0 Å². The van der Waals surface area contributed by atoms with Gasteiger partial charge in [0.25, 0.3) is 5.91 Å². The smallest absolute Gasteiger partial charge is 0.256 e. The first-order chi connectivity index (χ1) is 7.79. The van der Waals surface area contributed by atoms with Crippen molar-refractivity contribution in [2.24, 2.45) is 0 Å². The zero-order valence-corrected chi connectivity index (χ0v) is 10.4. The fraction of sp³-hybridized carbons (Fsp3) is 0.455. The molecule has 1 fully saturated rings. The van der Waals surface area contributed by atoms with Crippen molar-refractivity contribution in [3.63, 3.8) is 0 Å². The van der Waals surface area contributed by atoms with Crippen molar-refractivity contribution >= 4 is 21.8 Å². The Bertz CT molecular complexity index is 376. The van der Waals surface area contributed by atoms with E-state index in [1.165, 1.54) is 0 Å². The molecule has 1 aromatic heterocycles. The first-order valence-electron chi connectivity index (χ1n) is 5.26. The van der Waals surface area contributed by atoms with E-state index in [-0.39, 0.29) is 5.91 Å². The number of aromatic nitrogens is 1. The van der Waals surface area contributed by atoms with Crippen molar-refractivity contribution < 1.29 is 9.53 Å². The molecule has 0 unspecified atom stereocenters. The highest BCUT2D eigenvalue weighted by atomic mass is 79.9. The number of hydrogen-bond acceptors (Lipinski definition) is 3. The van der Waals surface area contributed by atoms with E-state index in [4.69, 9.17) is 4.74 Å². The third-order valence-electron chi connectivity index (χ3n) is 2.50. The van der Waals surface area contributed by atoms with Crippen molar-refractivity contribution in [1.29, 1.82) is 0 Å². The molecule has 0 aliphatic carbocycles. The van der Waals surface area contributed by atoms with E-state index in [0.29, 0.717) is 23.3 Å². The number of amides is 1. The lowest BCUT2D eigenvalue weighted by atomic mass is 10.2. The molecule has 1 aromatic rings. The van der Waals surface area contributed by atoms with E-state index >= 15 is 0 Å². The molecule has 0 aromatic carbocycles. The van der Waals surface area contributed by atoms with Gasteiger partial charge in [-0.2, -0.15) is 0 Å². The summed E-state index contributed by atoms with van der Waals surface area (Å²) in [5.41, 5.74) is 0.615. The topological polar surface area (TPSA) is 42.4 Å². The largest absolute Gasteiger partial charge is 0.380 e. The van der Waals surface area contributed by atoms with Crippen molar-refractivity contribution in [3.8, 4) is 0 Å². The second-order valence-corrected chi connectivity index (χ2v) is 4.35. The van der Waals surface area contributed by atoms with Crippen LogP contribution in [-0.2, 0) is 4.74 Å². The van der Waals surface area contributed by atoms with Gasteiger partial charge in [0.05, 0.1) is 12.2 Å². The third-order valence-corrected chi connectivity index (χ3v) is 3.13. The normalized spacial score (nSPS) is 16.9. The predicted octanol–water partition coefficient (Wildman–Crippen LogP) is 1.71. The summed E-state index contributed by atoms with van der Waals surface area (Å²) in [4.78, 5) is 18.0. The highest BCUT2D eigenvalue weighted by molar-refractivity contribution is 9.10. The summed E-state index contributed by atoms with van der Waals surface area (Å²) in [5.74, 6) is 0.0190. The van der Waals surface area contributed by atoms with Crippen molar-refractivity contribution in [2.75, 3.05) is 26.3 Å². The summed E-state index contributed by atoms with van der Waals surface area (Å²) in [6, 6.07) is 3.55. The molecule has 1 aliphatic rings. The fourth-order valence-corrected chi connectivity index (χ4v) is 2.09. The quantitative estimate of drug-likeness (QED) is 0.738. The van der Waals surface area contributed by atoms with Crippen molar-refractivity contribution in [3.05, 3.63) is 28.5 Å². The van der Waals surface area contributed by atoms with E-state index in [1.54, 1.807) is 18.3 Å². The van der Waals surface area contributed by atoms with Gasteiger partial charge in [-0.3, -0.25) is 4.79 Å². The van der Waals surface area contributed by atoms with Crippen LogP contribution in [-0.4, -0.2) is 42.1 Å². The summed E-state index contributed by atoms with van der Waals surface area (Å²) in [5, 5.41) is 0. The lowest BCUT2D eigenvalue weighted by molar-refractivity contribution is 0.0740. The molecule has 0 saturated carbocycles. The van der Waals surface area contributed by atoms with E-state index < -0.39 is 0 Å². The average Bonchev–Trinajstić information content (AvgIpc) is 2.57. The maximum atomic E-state index is 12.2. The van der Waals surface area contributed by atoms with Crippen LogP contribution in [0.15, 0.2) is 22.9 Å². The number of rotatable bonds is 1. The predicted molar refractivity (Wildman–Crippen MR) is 63.3 cm³/mol. The lowest BCUT2D eigenvalue weighted by Gasteiger charge is -2.19. The molecular formula is C11H13BrN2O2. The van der Waals surface area contributed by atoms with E-state index in [2.05, 4.69) is 20.9 Å². The fourth-order valence-electron chi connectivity index (χ4n) is 1.67. The van der Waals surface area contributed by atoms with E-state index in [9.17, 15) is 4.79 Å². The molecular weight excluding hydrogens is 272 g/mol. The number of halogens is 1. The molecule has 1 amide bonds. The maximum absolute atomic E-state index is 12.2. The molecule has 0 bridgehead atoms. The number of pyridine rings is 1. The number of nitrogens with zero attached hydrogens (tertiary/aromatic N) is 2. The Morgan fingerprint density at radius 3 is 3.12 bits per heavy atom. The van der Waals surface area contributed by atoms with Gasteiger partial charge in [-0.1, -0.05) is 0 Å². The van der Waals surface area contributed by atoms with Gasteiger partial charge in [-0.25, -0.2) is 4.98 Å². The molecule has 0 radical (unpaired) electrons. The van der Waals surface area contributed by atoms with Gasteiger partial charge in [0.15, 0.2) is 0 Å². The van der Waals surface area contributed by atoms with Crippen LogP contribution in [0, 0.1) is 0 Å². The van der Waals surface area contributed by atoms with Gasteiger partial charge >= 0.3 is 0 Å².